The first-order valence-corrected chi connectivity index (χ1v) is 13.1. The molecule has 2 aliphatic rings. The van der Waals surface area contributed by atoms with Gasteiger partial charge in [-0.1, -0.05) is 43.5 Å². The standard InChI is InChI=1S/C28H32FN7/c29-24-11-8-21(9-12-24)20-36-28(31-32-33-36)27(23-10-13-26-22(19-23)5-4-14-30-26)35-17-15-34(16-18-35)25-6-2-1-3-7-25/h4-5,8-14,19,25,27H,1-3,6-7,15-18,20H2/t27-/m0/s1. The normalized spacial score (nSPS) is 19.0. The lowest BCUT2D eigenvalue weighted by molar-refractivity contribution is 0.0621. The highest BCUT2D eigenvalue weighted by Gasteiger charge is 2.33. The Morgan fingerprint density at radius 1 is 0.917 bits per heavy atom. The lowest BCUT2D eigenvalue weighted by Crippen LogP contribution is -2.52. The van der Waals surface area contributed by atoms with Crippen molar-refractivity contribution in [3.05, 3.63) is 83.6 Å². The van der Waals surface area contributed by atoms with E-state index in [0.29, 0.717) is 6.54 Å². The molecule has 0 unspecified atom stereocenters. The quantitative estimate of drug-likeness (QED) is 0.402. The van der Waals surface area contributed by atoms with Crippen LogP contribution in [0.1, 0.15) is 55.1 Å². The number of tetrazole rings is 1. The summed E-state index contributed by atoms with van der Waals surface area (Å²) >= 11 is 0. The van der Waals surface area contributed by atoms with E-state index in [4.69, 9.17) is 0 Å². The Morgan fingerprint density at radius 3 is 2.53 bits per heavy atom. The van der Waals surface area contributed by atoms with Crippen LogP contribution in [0.5, 0.6) is 0 Å². The van der Waals surface area contributed by atoms with Crippen molar-refractivity contribution < 1.29 is 4.39 Å². The van der Waals surface area contributed by atoms with Crippen molar-refractivity contribution in [1.82, 2.24) is 35.0 Å². The van der Waals surface area contributed by atoms with Crippen LogP contribution in [-0.2, 0) is 6.54 Å². The minimum atomic E-state index is -0.242. The van der Waals surface area contributed by atoms with Crippen molar-refractivity contribution in [3.8, 4) is 0 Å². The predicted molar refractivity (Wildman–Crippen MR) is 137 cm³/mol. The molecule has 0 spiro atoms. The molecule has 8 heteroatoms. The Kier molecular flexibility index (Phi) is 6.70. The third kappa shape index (κ3) is 4.88. The molecule has 0 radical (unpaired) electrons. The molecule has 4 aromatic rings. The average molecular weight is 486 g/mol. The van der Waals surface area contributed by atoms with Crippen molar-refractivity contribution in [3.63, 3.8) is 0 Å². The molecule has 36 heavy (non-hydrogen) atoms. The minimum absolute atomic E-state index is 0.0708. The Bertz CT molecular complexity index is 1290. The van der Waals surface area contributed by atoms with E-state index in [1.54, 1.807) is 12.1 Å². The molecule has 2 aromatic carbocycles. The first-order valence-electron chi connectivity index (χ1n) is 13.1. The van der Waals surface area contributed by atoms with Gasteiger partial charge in [0.05, 0.1) is 18.1 Å². The van der Waals surface area contributed by atoms with Gasteiger partial charge in [0.25, 0.3) is 0 Å². The zero-order valence-electron chi connectivity index (χ0n) is 20.5. The van der Waals surface area contributed by atoms with Crippen LogP contribution in [0.4, 0.5) is 4.39 Å². The fourth-order valence-corrected chi connectivity index (χ4v) is 5.88. The number of hydrogen-bond donors (Lipinski definition) is 0. The molecule has 0 N–H and O–H groups in total. The van der Waals surface area contributed by atoms with E-state index in [1.165, 1.54) is 44.2 Å². The van der Waals surface area contributed by atoms with Gasteiger partial charge in [0.2, 0.25) is 0 Å². The number of benzene rings is 2. The fraction of sp³-hybridized carbons (Fsp3) is 0.429. The van der Waals surface area contributed by atoms with Crippen LogP contribution in [0.15, 0.2) is 60.8 Å². The first-order chi connectivity index (χ1) is 17.7. The largest absolute Gasteiger partial charge is 0.298 e. The van der Waals surface area contributed by atoms with Crippen LogP contribution in [0.25, 0.3) is 10.9 Å². The number of fused-ring (bicyclic) bond motifs is 1. The number of rotatable bonds is 6. The molecule has 2 aromatic heterocycles. The Labute approximate surface area is 210 Å². The molecule has 0 bridgehead atoms. The molecule has 3 heterocycles. The second kappa shape index (κ2) is 10.4. The summed E-state index contributed by atoms with van der Waals surface area (Å²) in [5, 5.41) is 14.0. The van der Waals surface area contributed by atoms with E-state index < -0.39 is 0 Å². The summed E-state index contributed by atoms with van der Waals surface area (Å²) in [6, 6.07) is 17.8. The van der Waals surface area contributed by atoms with Crippen LogP contribution in [0, 0.1) is 5.82 Å². The van der Waals surface area contributed by atoms with Gasteiger partial charge in [-0.15, -0.1) is 5.10 Å². The summed E-state index contributed by atoms with van der Waals surface area (Å²) in [5.41, 5.74) is 3.11. The Hall–Kier alpha value is -3.23. The molecule has 1 saturated carbocycles. The second-order valence-electron chi connectivity index (χ2n) is 10.0. The monoisotopic (exact) mass is 485 g/mol. The van der Waals surface area contributed by atoms with E-state index in [0.717, 1.165) is 60.1 Å². The Balaban J connectivity index is 1.31. The Morgan fingerprint density at radius 2 is 1.72 bits per heavy atom. The third-order valence-corrected chi connectivity index (χ3v) is 7.80. The van der Waals surface area contributed by atoms with Gasteiger partial charge in [-0.2, -0.15) is 0 Å². The van der Waals surface area contributed by atoms with Gasteiger partial charge in [-0.3, -0.25) is 14.8 Å². The molecular weight excluding hydrogens is 453 g/mol. The zero-order valence-corrected chi connectivity index (χ0v) is 20.5. The van der Waals surface area contributed by atoms with E-state index in [1.807, 2.05) is 16.9 Å². The highest BCUT2D eigenvalue weighted by Crippen LogP contribution is 2.32. The lowest BCUT2D eigenvalue weighted by atomic mass is 9.93. The molecule has 1 aliphatic heterocycles. The van der Waals surface area contributed by atoms with Crippen LogP contribution in [-0.4, -0.2) is 67.2 Å². The van der Waals surface area contributed by atoms with Crippen LogP contribution in [0.2, 0.25) is 0 Å². The number of halogens is 1. The molecule has 1 atom stereocenters. The molecule has 1 aliphatic carbocycles. The number of pyridine rings is 1. The summed E-state index contributed by atoms with van der Waals surface area (Å²) in [4.78, 5) is 9.71. The van der Waals surface area contributed by atoms with E-state index in [-0.39, 0.29) is 11.9 Å². The van der Waals surface area contributed by atoms with Crippen LogP contribution < -0.4 is 0 Å². The maximum Gasteiger partial charge on any atom is 0.173 e. The topological polar surface area (TPSA) is 63.0 Å². The zero-order chi connectivity index (χ0) is 24.3. The maximum absolute atomic E-state index is 13.5. The highest BCUT2D eigenvalue weighted by atomic mass is 19.1. The molecule has 2 fully saturated rings. The van der Waals surface area contributed by atoms with Crippen molar-refractivity contribution in [1.29, 1.82) is 0 Å². The summed E-state index contributed by atoms with van der Waals surface area (Å²) in [5.74, 6) is 0.572. The van der Waals surface area contributed by atoms with E-state index in [9.17, 15) is 4.39 Å². The number of hydrogen-bond acceptors (Lipinski definition) is 6. The first kappa shape index (κ1) is 23.2. The van der Waals surface area contributed by atoms with Gasteiger partial charge in [-0.25, -0.2) is 9.07 Å². The summed E-state index contributed by atoms with van der Waals surface area (Å²) < 4.78 is 15.3. The number of aromatic nitrogens is 5. The molecule has 0 amide bonds. The van der Waals surface area contributed by atoms with Gasteiger partial charge in [0.1, 0.15) is 5.82 Å². The lowest BCUT2D eigenvalue weighted by Gasteiger charge is -2.43. The average Bonchev–Trinajstić information content (AvgIpc) is 3.38. The maximum atomic E-state index is 13.5. The van der Waals surface area contributed by atoms with Gasteiger partial charge >= 0.3 is 0 Å². The van der Waals surface area contributed by atoms with E-state index >= 15 is 0 Å². The van der Waals surface area contributed by atoms with E-state index in [2.05, 4.69) is 54.6 Å². The summed E-state index contributed by atoms with van der Waals surface area (Å²) in [7, 11) is 0. The third-order valence-electron chi connectivity index (χ3n) is 7.80. The van der Waals surface area contributed by atoms with Crippen LogP contribution >= 0.6 is 0 Å². The highest BCUT2D eigenvalue weighted by molar-refractivity contribution is 5.79. The van der Waals surface area contributed by atoms with Crippen molar-refractivity contribution >= 4 is 10.9 Å². The SMILES string of the molecule is Fc1ccc(Cn2nnnc2[C@H](c2ccc3ncccc3c2)N2CCN(C3CCCCC3)CC2)cc1. The predicted octanol–water partition coefficient (Wildman–Crippen LogP) is 4.45. The van der Waals surface area contributed by atoms with Crippen LogP contribution in [0.3, 0.4) is 0 Å². The van der Waals surface area contributed by atoms with Crippen molar-refractivity contribution in [2.75, 3.05) is 26.2 Å². The smallest absolute Gasteiger partial charge is 0.173 e. The molecule has 1 saturated heterocycles. The summed E-state index contributed by atoms with van der Waals surface area (Å²) in [6.45, 7) is 4.56. The summed E-state index contributed by atoms with van der Waals surface area (Å²) in [6.07, 6.45) is 8.58. The van der Waals surface area contributed by atoms with Crippen molar-refractivity contribution in [2.45, 2.75) is 50.7 Å². The van der Waals surface area contributed by atoms with Gasteiger partial charge in [-0.05, 0) is 64.7 Å². The second-order valence-corrected chi connectivity index (χ2v) is 10.0. The molecular formula is C28H32FN7. The van der Waals surface area contributed by atoms with Gasteiger partial charge in [0, 0.05) is 43.8 Å². The fourth-order valence-electron chi connectivity index (χ4n) is 5.88. The minimum Gasteiger partial charge on any atom is -0.298 e. The van der Waals surface area contributed by atoms with Gasteiger partial charge < -0.3 is 0 Å². The molecule has 7 nitrogen and oxygen atoms in total. The van der Waals surface area contributed by atoms with Gasteiger partial charge in [0.15, 0.2) is 5.82 Å². The van der Waals surface area contributed by atoms with Crippen molar-refractivity contribution in [2.24, 2.45) is 0 Å². The number of nitrogens with zero attached hydrogens (tertiary/aromatic N) is 7. The molecule has 186 valence electrons. The molecule has 6 rings (SSSR count). The number of piperazine rings is 1.